The second kappa shape index (κ2) is 7.06. The van der Waals surface area contributed by atoms with E-state index < -0.39 is 0 Å². The maximum atomic E-state index is 9.22. The molecule has 1 aliphatic rings. The number of para-hydroxylation sites is 1. The van der Waals surface area contributed by atoms with Crippen molar-refractivity contribution < 1.29 is 0 Å². The molecule has 4 heteroatoms. The van der Waals surface area contributed by atoms with Gasteiger partial charge >= 0.3 is 0 Å². The lowest BCUT2D eigenvalue weighted by molar-refractivity contribution is 0.261. The molecule has 0 N–H and O–H groups in total. The van der Waals surface area contributed by atoms with Crippen molar-refractivity contribution in [2.24, 2.45) is 0 Å². The molecule has 4 nitrogen and oxygen atoms in total. The molecule has 22 heavy (non-hydrogen) atoms. The zero-order chi connectivity index (χ0) is 15.2. The number of nitrogens with zero attached hydrogens (tertiary/aromatic N) is 4. The SMILES string of the molecule is N#Cc1ccccc1N1CCN(CCc2ccncc2)CC1. The van der Waals surface area contributed by atoms with E-state index in [0.717, 1.165) is 50.4 Å². The minimum absolute atomic E-state index is 0.771. The zero-order valence-corrected chi connectivity index (χ0v) is 12.7. The Morgan fingerprint density at radius 3 is 2.45 bits per heavy atom. The van der Waals surface area contributed by atoms with E-state index in [2.05, 4.69) is 33.0 Å². The molecule has 1 saturated heterocycles. The van der Waals surface area contributed by atoms with Gasteiger partial charge in [0.25, 0.3) is 0 Å². The molecular weight excluding hydrogens is 272 g/mol. The second-order valence-electron chi connectivity index (χ2n) is 5.56. The molecule has 0 saturated carbocycles. The van der Waals surface area contributed by atoms with E-state index >= 15 is 0 Å². The van der Waals surface area contributed by atoms with Crippen LogP contribution < -0.4 is 4.90 Å². The van der Waals surface area contributed by atoms with Crippen molar-refractivity contribution in [3.8, 4) is 6.07 Å². The van der Waals surface area contributed by atoms with Crippen LogP contribution in [0.15, 0.2) is 48.8 Å². The fourth-order valence-corrected chi connectivity index (χ4v) is 2.89. The van der Waals surface area contributed by atoms with Gasteiger partial charge in [-0.3, -0.25) is 9.88 Å². The van der Waals surface area contributed by atoms with Crippen LogP contribution in [0.25, 0.3) is 0 Å². The van der Waals surface area contributed by atoms with Gasteiger partial charge in [-0.25, -0.2) is 0 Å². The van der Waals surface area contributed by atoms with E-state index in [4.69, 9.17) is 0 Å². The summed E-state index contributed by atoms with van der Waals surface area (Å²) in [6, 6.07) is 14.3. The first-order valence-corrected chi connectivity index (χ1v) is 7.72. The van der Waals surface area contributed by atoms with Gasteiger partial charge < -0.3 is 4.90 Å². The Hall–Kier alpha value is -2.38. The van der Waals surface area contributed by atoms with Crippen molar-refractivity contribution >= 4 is 5.69 Å². The Bertz CT molecular complexity index is 640. The summed E-state index contributed by atoms with van der Waals surface area (Å²) in [4.78, 5) is 8.87. The van der Waals surface area contributed by atoms with Gasteiger partial charge in [0, 0.05) is 45.1 Å². The van der Waals surface area contributed by atoms with Crippen LogP contribution in [-0.2, 0) is 6.42 Å². The van der Waals surface area contributed by atoms with Crippen LogP contribution in [0.4, 0.5) is 5.69 Å². The lowest BCUT2D eigenvalue weighted by Crippen LogP contribution is -2.47. The molecule has 0 atom stereocenters. The molecule has 2 aromatic rings. The van der Waals surface area contributed by atoms with Crippen molar-refractivity contribution in [1.29, 1.82) is 5.26 Å². The van der Waals surface area contributed by atoms with Gasteiger partial charge in [0.05, 0.1) is 11.3 Å². The third kappa shape index (κ3) is 3.44. The molecule has 0 unspecified atom stereocenters. The van der Waals surface area contributed by atoms with Gasteiger partial charge in [-0.15, -0.1) is 0 Å². The molecule has 0 bridgehead atoms. The number of piperazine rings is 1. The van der Waals surface area contributed by atoms with Gasteiger partial charge in [0.2, 0.25) is 0 Å². The molecule has 1 aromatic carbocycles. The third-order valence-corrected chi connectivity index (χ3v) is 4.20. The van der Waals surface area contributed by atoms with E-state index in [9.17, 15) is 5.26 Å². The molecule has 0 radical (unpaired) electrons. The quantitative estimate of drug-likeness (QED) is 0.867. The summed E-state index contributed by atoms with van der Waals surface area (Å²) >= 11 is 0. The van der Waals surface area contributed by atoms with Gasteiger partial charge in [-0.2, -0.15) is 5.26 Å². The highest BCUT2D eigenvalue weighted by Gasteiger charge is 2.18. The fraction of sp³-hybridized carbons (Fsp3) is 0.333. The first kappa shape index (κ1) is 14.6. The van der Waals surface area contributed by atoms with Crippen molar-refractivity contribution in [3.63, 3.8) is 0 Å². The molecule has 2 heterocycles. The predicted molar refractivity (Wildman–Crippen MR) is 87.8 cm³/mol. The van der Waals surface area contributed by atoms with Gasteiger partial charge in [-0.05, 0) is 36.2 Å². The zero-order valence-electron chi connectivity index (χ0n) is 12.7. The molecule has 0 aliphatic carbocycles. The minimum atomic E-state index is 0.771. The average molecular weight is 292 g/mol. The van der Waals surface area contributed by atoms with Crippen LogP contribution in [0.1, 0.15) is 11.1 Å². The Balaban J connectivity index is 1.53. The van der Waals surface area contributed by atoms with E-state index in [-0.39, 0.29) is 0 Å². The molecule has 1 aliphatic heterocycles. The van der Waals surface area contributed by atoms with Crippen LogP contribution in [0.2, 0.25) is 0 Å². The second-order valence-corrected chi connectivity index (χ2v) is 5.56. The highest BCUT2D eigenvalue weighted by Crippen LogP contribution is 2.21. The summed E-state index contributed by atoms with van der Waals surface area (Å²) in [6.45, 7) is 5.14. The van der Waals surface area contributed by atoms with E-state index in [1.807, 2.05) is 36.7 Å². The smallest absolute Gasteiger partial charge is 0.101 e. The molecule has 0 spiro atoms. The first-order chi connectivity index (χ1) is 10.9. The highest BCUT2D eigenvalue weighted by molar-refractivity contribution is 5.59. The Kier molecular flexibility index (Phi) is 4.67. The van der Waals surface area contributed by atoms with Crippen LogP contribution in [-0.4, -0.2) is 42.6 Å². The molecule has 0 amide bonds. The lowest BCUT2D eigenvalue weighted by atomic mass is 10.1. The number of hydrogen-bond acceptors (Lipinski definition) is 4. The largest absolute Gasteiger partial charge is 0.368 e. The predicted octanol–water partition coefficient (Wildman–Crippen LogP) is 2.32. The molecule has 1 fully saturated rings. The van der Waals surface area contributed by atoms with Gasteiger partial charge in [0.15, 0.2) is 0 Å². The van der Waals surface area contributed by atoms with Crippen LogP contribution >= 0.6 is 0 Å². The van der Waals surface area contributed by atoms with E-state index in [1.54, 1.807) is 0 Å². The van der Waals surface area contributed by atoms with Gasteiger partial charge in [-0.1, -0.05) is 12.1 Å². The highest BCUT2D eigenvalue weighted by atomic mass is 15.3. The maximum Gasteiger partial charge on any atom is 0.101 e. The van der Waals surface area contributed by atoms with E-state index in [1.165, 1.54) is 5.56 Å². The molecule has 112 valence electrons. The number of benzene rings is 1. The van der Waals surface area contributed by atoms with Crippen molar-refractivity contribution in [3.05, 3.63) is 59.9 Å². The van der Waals surface area contributed by atoms with E-state index in [0.29, 0.717) is 0 Å². The number of aromatic nitrogens is 1. The number of hydrogen-bond donors (Lipinski definition) is 0. The number of pyridine rings is 1. The van der Waals surface area contributed by atoms with Crippen LogP contribution in [0, 0.1) is 11.3 Å². The van der Waals surface area contributed by atoms with Crippen LogP contribution in [0.5, 0.6) is 0 Å². The summed E-state index contributed by atoms with van der Waals surface area (Å²) in [5.74, 6) is 0. The molecular formula is C18H20N4. The number of rotatable bonds is 4. The Morgan fingerprint density at radius 1 is 1.00 bits per heavy atom. The number of anilines is 1. The summed E-state index contributed by atoms with van der Waals surface area (Å²) in [7, 11) is 0. The first-order valence-electron chi connectivity index (χ1n) is 7.72. The molecule has 1 aromatic heterocycles. The number of nitriles is 1. The fourth-order valence-electron chi connectivity index (χ4n) is 2.89. The summed E-state index contributed by atoms with van der Waals surface area (Å²) < 4.78 is 0. The topological polar surface area (TPSA) is 43.2 Å². The monoisotopic (exact) mass is 292 g/mol. The summed E-state index contributed by atoms with van der Waals surface area (Å²) in [6.07, 6.45) is 4.77. The summed E-state index contributed by atoms with van der Waals surface area (Å²) in [5, 5.41) is 9.22. The van der Waals surface area contributed by atoms with Crippen molar-refractivity contribution in [2.75, 3.05) is 37.6 Å². The Morgan fingerprint density at radius 2 is 1.73 bits per heavy atom. The van der Waals surface area contributed by atoms with Gasteiger partial charge in [0.1, 0.15) is 6.07 Å². The third-order valence-electron chi connectivity index (χ3n) is 4.20. The molecule has 3 rings (SSSR count). The minimum Gasteiger partial charge on any atom is -0.368 e. The van der Waals surface area contributed by atoms with Crippen molar-refractivity contribution in [1.82, 2.24) is 9.88 Å². The standard InChI is InChI=1S/C18H20N4/c19-15-17-3-1-2-4-18(17)22-13-11-21(12-14-22)10-7-16-5-8-20-9-6-16/h1-6,8-9H,7,10-14H2. The summed E-state index contributed by atoms with van der Waals surface area (Å²) in [5.41, 5.74) is 3.18. The normalized spacial score (nSPS) is 15.5. The van der Waals surface area contributed by atoms with Crippen molar-refractivity contribution in [2.45, 2.75) is 6.42 Å². The van der Waals surface area contributed by atoms with Crippen LogP contribution in [0.3, 0.4) is 0 Å². The Labute approximate surface area is 131 Å². The average Bonchev–Trinajstić information content (AvgIpc) is 2.61. The maximum absolute atomic E-state index is 9.22. The lowest BCUT2D eigenvalue weighted by Gasteiger charge is -2.36.